The van der Waals surface area contributed by atoms with Crippen molar-refractivity contribution in [2.75, 3.05) is 5.32 Å². The molecule has 0 aliphatic heterocycles. The maximum atomic E-state index is 14.0. The van der Waals surface area contributed by atoms with Gasteiger partial charge < -0.3 is 10.4 Å². The van der Waals surface area contributed by atoms with E-state index < -0.39 is 17.7 Å². The standard InChI is InChI=1S/C19H14FN5O3/c1-24-15(4-6-22-24)11-5-7-25-16(10-21-17(25)9-11)18(26)23-14-8-12(19(27)28)2-3-13(14)20/h2-10H,1H3,(H2,23,26,27,28)/p+1. The molecule has 4 aromatic rings. The fourth-order valence-electron chi connectivity index (χ4n) is 2.95. The highest BCUT2D eigenvalue weighted by atomic mass is 19.1. The molecule has 3 N–H and O–H groups in total. The summed E-state index contributed by atoms with van der Waals surface area (Å²) in [6.07, 6.45) is 4.89. The van der Waals surface area contributed by atoms with Crippen LogP contribution in [0.5, 0.6) is 0 Å². The molecule has 0 fully saturated rings. The summed E-state index contributed by atoms with van der Waals surface area (Å²) < 4.78 is 17.4. The van der Waals surface area contributed by atoms with E-state index in [2.05, 4.69) is 15.4 Å². The maximum absolute atomic E-state index is 14.0. The molecular weight excluding hydrogens is 365 g/mol. The molecule has 9 heteroatoms. The maximum Gasteiger partial charge on any atom is 0.335 e. The average Bonchev–Trinajstić information content (AvgIpc) is 3.28. The van der Waals surface area contributed by atoms with E-state index in [1.165, 1.54) is 6.20 Å². The predicted molar refractivity (Wildman–Crippen MR) is 97.5 cm³/mol. The minimum atomic E-state index is -1.21. The van der Waals surface area contributed by atoms with Crippen molar-refractivity contribution in [1.29, 1.82) is 0 Å². The van der Waals surface area contributed by atoms with E-state index >= 15 is 0 Å². The van der Waals surface area contributed by atoms with Gasteiger partial charge in [-0.25, -0.2) is 14.2 Å². The molecule has 0 unspecified atom stereocenters. The third-order valence-electron chi connectivity index (χ3n) is 4.37. The van der Waals surface area contributed by atoms with Gasteiger partial charge in [0, 0.05) is 12.3 Å². The molecular formula is C19H15FN5O3+. The highest BCUT2D eigenvalue weighted by molar-refractivity contribution is 6.04. The number of benzene rings is 1. The largest absolute Gasteiger partial charge is 0.478 e. The zero-order chi connectivity index (χ0) is 19.8. The van der Waals surface area contributed by atoms with Gasteiger partial charge in [0.25, 0.3) is 5.91 Å². The number of aromatic carboxylic acids is 1. The number of carboxylic acid groups (broad SMARTS) is 1. The number of aryl methyl sites for hydroxylation is 1. The van der Waals surface area contributed by atoms with Crippen molar-refractivity contribution < 1.29 is 23.8 Å². The molecule has 0 saturated heterocycles. The number of nitrogens with zero attached hydrogens (tertiary/aromatic N) is 3. The highest BCUT2D eigenvalue weighted by Gasteiger charge is 2.17. The minimum absolute atomic E-state index is 0.126. The zero-order valence-corrected chi connectivity index (χ0v) is 14.7. The number of nitrogens with one attached hydrogen (secondary N) is 2. The quantitative estimate of drug-likeness (QED) is 0.473. The molecule has 0 bridgehead atoms. The first-order valence-corrected chi connectivity index (χ1v) is 8.29. The Morgan fingerprint density at radius 3 is 2.79 bits per heavy atom. The fraction of sp³-hybridized carbons (Fsp3) is 0.0526. The Morgan fingerprint density at radius 2 is 2.07 bits per heavy atom. The fourth-order valence-corrected chi connectivity index (χ4v) is 2.95. The molecule has 0 radical (unpaired) electrons. The number of pyridine rings is 1. The van der Waals surface area contributed by atoms with Gasteiger partial charge in [-0.3, -0.25) is 9.20 Å². The van der Waals surface area contributed by atoms with E-state index in [-0.39, 0.29) is 16.9 Å². The molecule has 4 rings (SSSR count). The average molecular weight is 380 g/mol. The molecule has 1 amide bonds. The van der Waals surface area contributed by atoms with Crippen LogP contribution in [-0.2, 0) is 7.05 Å². The number of imidazole rings is 1. The van der Waals surface area contributed by atoms with Crippen LogP contribution in [0.3, 0.4) is 0 Å². The Balaban J connectivity index is 1.66. The van der Waals surface area contributed by atoms with Crippen LogP contribution in [-0.4, -0.2) is 31.5 Å². The van der Waals surface area contributed by atoms with Gasteiger partial charge in [0.05, 0.1) is 29.2 Å². The number of H-pyrrole nitrogens is 1. The lowest BCUT2D eigenvalue weighted by atomic mass is 10.2. The number of aromatic amines is 1. The summed E-state index contributed by atoms with van der Waals surface area (Å²) in [4.78, 5) is 27.9. The Morgan fingerprint density at radius 1 is 1.25 bits per heavy atom. The summed E-state index contributed by atoms with van der Waals surface area (Å²) in [5, 5.41) is 14.5. The number of carboxylic acids is 1. The molecule has 8 nitrogen and oxygen atoms in total. The number of amides is 1. The van der Waals surface area contributed by atoms with Crippen LogP contribution in [0.4, 0.5) is 10.1 Å². The number of hydrogen-bond donors (Lipinski definition) is 3. The van der Waals surface area contributed by atoms with E-state index in [1.807, 2.05) is 36.1 Å². The van der Waals surface area contributed by atoms with Gasteiger partial charge in [0.15, 0.2) is 7.05 Å². The smallest absolute Gasteiger partial charge is 0.335 e. The van der Waals surface area contributed by atoms with Gasteiger partial charge in [0.2, 0.25) is 5.69 Å². The van der Waals surface area contributed by atoms with E-state index in [0.29, 0.717) is 5.65 Å². The van der Waals surface area contributed by atoms with Crippen LogP contribution in [0.15, 0.2) is 55.0 Å². The summed E-state index contributed by atoms with van der Waals surface area (Å²) in [7, 11) is 1.88. The molecule has 0 aliphatic rings. The van der Waals surface area contributed by atoms with E-state index in [9.17, 15) is 14.0 Å². The van der Waals surface area contributed by atoms with Crippen molar-refractivity contribution >= 4 is 23.2 Å². The van der Waals surface area contributed by atoms with Gasteiger partial charge in [-0.05, 0) is 30.3 Å². The first-order valence-electron chi connectivity index (χ1n) is 8.29. The number of halogens is 1. The van der Waals surface area contributed by atoms with Gasteiger partial charge >= 0.3 is 5.97 Å². The number of carbonyl (C=O) groups is 2. The van der Waals surface area contributed by atoms with Crippen molar-refractivity contribution in [2.45, 2.75) is 0 Å². The molecule has 0 spiro atoms. The Kier molecular flexibility index (Phi) is 4.11. The second-order valence-electron chi connectivity index (χ2n) is 6.15. The molecule has 1 aromatic carbocycles. The summed E-state index contributed by atoms with van der Waals surface area (Å²) in [6.45, 7) is 0. The number of fused-ring (bicyclic) bond motifs is 1. The zero-order valence-electron chi connectivity index (χ0n) is 14.7. The first kappa shape index (κ1) is 17.4. The summed E-state index contributed by atoms with van der Waals surface area (Å²) in [5.41, 5.74) is 2.26. The third kappa shape index (κ3) is 2.98. The second-order valence-corrected chi connectivity index (χ2v) is 6.15. The molecule has 140 valence electrons. The number of carbonyl (C=O) groups excluding carboxylic acids is 1. The third-order valence-corrected chi connectivity index (χ3v) is 4.37. The number of anilines is 1. The number of rotatable bonds is 4. The van der Waals surface area contributed by atoms with Crippen molar-refractivity contribution in [2.24, 2.45) is 7.05 Å². The van der Waals surface area contributed by atoms with Crippen LogP contribution >= 0.6 is 0 Å². The Labute approximate surface area is 157 Å². The molecule has 28 heavy (non-hydrogen) atoms. The van der Waals surface area contributed by atoms with E-state index in [4.69, 9.17) is 5.11 Å². The lowest BCUT2D eigenvalue weighted by Crippen LogP contribution is -2.31. The number of hydrogen-bond acceptors (Lipinski definition) is 3. The van der Waals surface area contributed by atoms with Gasteiger partial charge in [-0.2, -0.15) is 5.10 Å². The van der Waals surface area contributed by atoms with Gasteiger partial charge in [-0.1, -0.05) is 0 Å². The number of aromatic nitrogens is 4. The van der Waals surface area contributed by atoms with Crippen LogP contribution < -0.4 is 10.00 Å². The van der Waals surface area contributed by atoms with Crippen molar-refractivity contribution in [1.82, 2.24) is 14.5 Å². The Bertz CT molecular complexity index is 1230. The molecule has 0 saturated carbocycles. The normalized spacial score (nSPS) is 10.9. The van der Waals surface area contributed by atoms with Crippen LogP contribution in [0.2, 0.25) is 0 Å². The minimum Gasteiger partial charge on any atom is -0.478 e. The highest BCUT2D eigenvalue weighted by Crippen LogP contribution is 2.20. The van der Waals surface area contributed by atoms with Crippen LogP contribution in [0.25, 0.3) is 16.9 Å². The summed E-state index contributed by atoms with van der Waals surface area (Å²) in [5.74, 6) is -2.54. The topological polar surface area (TPSA) is 103 Å². The molecule has 3 heterocycles. The lowest BCUT2D eigenvalue weighted by Gasteiger charge is -2.07. The Hall–Kier alpha value is -4.01. The van der Waals surface area contributed by atoms with Crippen LogP contribution in [0.1, 0.15) is 20.8 Å². The molecule has 0 atom stereocenters. The van der Waals surface area contributed by atoms with E-state index in [1.54, 1.807) is 10.6 Å². The SMILES string of the molecule is C[n+]1[nH]ccc1-c1ccn2c(C(=O)Nc3cc(C(=O)O)ccc3F)cnc2c1. The van der Waals surface area contributed by atoms with Crippen molar-refractivity contribution in [3.63, 3.8) is 0 Å². The van der Waals surface area contributed by atoms with Crippen molar-refractivity contribution in [3.8, 4) is 11.3 Å². The van der Waals surface area contributed by atoms with Crippen molar-refractivity contribution in [3.05, 3.63) is 72.1 Å². The van der Waals surface area contributed by atoms with E-state index in [0.717, 1.165) is 29.5 Å². The molecule has 3 aromatic heterocycles. The van der Waals surface area contributed by atoms with Gasteiger partial charge in [-0.15, -0.1) is 4.68 Å². The summed E-state index contributed by atoms with van der Waals surface area (Å²) >= 11 is 0. The van der Waals surface area contributed by atoms with Gasteiger partial charge in [0.1, 0.15) is 17.2 Å². The van der Waals surface area contributed by atoms with Crippen LogP contribution in [0, 0.1) is 5.82 Å². The monoisotopic (exact) mass is 380 g/mol. The predicted octanol–water partition coefficient (Wildman–Crippen LogP) is 2.24. The first-order chi connectivity index (χ1) is 13.4. The summed E-state index contributed by atoms with van der Waals surface area (Å²) in [6, 6.07) is 8.77. The lowest BCUT2D eigenvalue weighted by molar-refractivity contribution is -0.716. The second kappa shape index (κ2) is 6.62. The molecule has 0 aliphatic carbocycles.